The van der Waals surface area contributed by atoms with E-state index in [2.05, 4.69) is 5.16 Å². The van der Waals surface area contributed by atoms with Crippen molar-refractivity contribution in [3.05, 3.63) is 28.2 Å². The molecule has 1 aliphatic heterocycles. The van der Waals surface area contributed by atoms with Gasteiger partial charge in [0.05, 0.1) is 14.9 Å². The fourth-order valence-electron chi connectivity index (χ4n) is 2.26. The van der Waals surface area contributed by atoms with E-state index >= 15 is 0 Å². The molecule has 1 aromatic carbocycles. The van der Waals surface area contributed by atoms with Gasteiger partial charge in [-0.05, 0) is 31.0 Å². The van der Waals surface area contributed by atoms with Gasteiger partial charge in [-0.25, -0.2) is 8.42 Å². The highest BCUT2D eigenvalue weighted by molar-refractivity contribution is 7.89. The average molecular weight is 352 g/mol. The molecule has 1 fully saturated rings. The van der Waals surface area contributed by atoms with Crippen LogP contribution in [0.4, 0.5) is 0 Å². The summed E-state index contributed by atoms with van der Waals surface area (Å²) in [4.78, 5) is 0.110. The second-order valence-electron chi connectivity index (χ2n) is 4.78. The molecule has 0 aromatic heterocycles. The predicted octanol–water partition coefficient (Wildman–Crippen LogP) is 2.14. The van der Waals surface area contributed by atoms with Crippen LogP contribution in [0.3, 0.4) is 0 Å². The van der Waals surface area contributed by atoms with Gasteiger partial charge in [-0.2, -0.15) is 4.31 Å². The monoisotopic (exact) mass is 351 g/mol. The minimum Gasteiger partial charge on any atom is -0.409 e. The largest absolute Gasteiger partial charge is 0.409 e. The summed E-state index contributed by atoms with van der Waals surface area (Å²) in [7, 11) is -3.61. The molecule has 0 aliphatic carbocycles. The Morgan fingerprint density at radius 1 is 1.29 bits per heavy atom. The maximum atomic E-state index is 12.5. The molecular weight excluding hydrogens is 337 g/mol. The number of piperidine rings is 1. The Morgan fingerprint density at radius 2 is 1.90 bits per heavy atom. The molecule has 2 rings (SSSR count). The maximum absolute atomic E-state index is 12.5. The summed E-state index contributed by atoms with van der Waals surface area (Å²) < 4.78 is 26.4. The molecule has 0 unspecified atom stereocenters. The van der Waals surface area contributed by atoms with Crippen LogP contribution in [0, 0.1) is 5.92 Å². The Labute approximate surface area is 133 Å². The number of rotatable bonds is 3. The van der Waals surface area contributed by atoms with Crippen molar-refractivity contribution in [3.63, 3.8) is 0 Å². The van der Waals surface area contributed by atoms with Crippen LogP contribution in [0.1, 0.15) is 12.8 Å². The second kappa shape index (κ2) is 6.39. The Bertz CT molecular complexity index is 656. The zero-order valence-corrected chi connectivity index (χ0v) is 13.4. The van der Waals surface area contributed by atoms with Gasteiger partial charge in [-0.15, -0.1) is 0 Å². The first-order valence-electron chi connectivity index (χ1n) is 6.29. The van der Waals surface area contributed by atoms with Crippen LogP contribution in [0.2, 0.25) is 10.0 Å². The molecule has 0 atom stereocenters. The van der Waals surface area contributed by atoms with E-state index in [1.54, 1.807) is 0 Å². The summed E-state index contributed by atoms with van der Waals surface area (Å²) in [6.07, 6.45) is 1.02. The molecule has 21 heavy (non-hydrogen) atoms. The molecule has 3 N–H and O–H groups in total. The number of hydrogen-bond acceptors (Lipinski definition) is 4. The average Bonchev–Trinajstić information content (AvgIpc) is 2.49. The molecule has 116 valence electrons. The summed E-state index contributed by atoms with van der Waals surface area (Å²) >= 11 is 11.7. The Morgan fingerprint density at radius 3 is 2.43 bits per heavy atom. The van der Waals surface area contributed by atoms with Gasteiger partial charge in [0, 0.05) is 19.0 Å². The third kappa shape index (κ3) is 3.42. The highest BCUT2D eigenvalue weighted by Gasteiger charge is 2.31. The fourth-order valence-corrected chi connectivity index (χ4v) is 4.12. The van der Waals surface area contributed by atoms with Crippen molar-refractivity contribution in [2.75, 3.05) is 13.1 Å². The molecule has 6 nitrogen and oxygen atoms in total. The highest BCUT2D eigenvalue weighted by atomic mass is 35.5. The van der Waals surface area contributed by atoms with Crippen molar-refractivity contribution in [1.29, 1.82) is 0 Å². The van der Waals surface area contributed by atoms with E-state index < -0.39 is 10.0 Å². The molecule has 0 spiro atoms. The minimum absolute atomic E-state index is 0.102. The van der Waals surface area contributed by atoms with Crippen LogP contribution in [0.25, 0.3) is 0 Å². The maximum Gasteiger partial charge on any atom is 0.243 e. The minimum atomic E-state index is -3.61. The number of benzene rings is 1. The number of sulfonamides is 1. The van der Waals surface area contributed by atoms with Crippen molar-refractivity contribution < 1.29 is 13.6 Å². The standard InChI is InChI=1S/C12H15Cl2N3O3S/c13-10-2-1-9(7-11(10)14)21(19,20)17-5-3-8(4-6-17)12(15)16-18/h1-2,7-8,18H,3-6H2,(H2,15,16). The van der Waals surface area contributed by atoms with E-state index in [0.29, 0.717) is 31.0 Å². The van der Waals surface area contributed by atoms with E-state index in [4.69, 9.17) is 34.1 Å². The highest BCUT2D eigenvalue weighted by Crippen LogP contribution is 2.28. The first-order valence-corrected chi connectivity index (χ1v) is 8.48. The normalized spacial score (nSPS) is 18.9. The molecule has 0 saturated carbocycles. The molecule has 9 heteroatoms. The lowest BCUT2D eigenvalue weighted by atomic mass is 9.97. The molecule has 1 heterocycles. The Hall–Kier alpha value is -1.02. The van der Waals surface area contributed by atoms with Gasteiger partial charge < -0.3 is 10.9 Å². The third-order valence-electron chi connectivity index (χ3n) is 3.52. The molecule has 0 radical (unpaired) electrons. The van der Waals surface area contributed by atoms with Crippen molar-refractivity contribution in [3.8, 4) is 0 Å². The lowest BCUT2D eigenvalue weighted by molar-refractivity contribution is 0.291. The van der Waals surface area contributed by atoms with Gasteiger partial charge in [0.25, 0.3) is 0 Å². The topological polar surface area (TPSA) is 96.0 Å². The molecule has 1 aromatic rings. The summed E-state index contributed by atoms with van der Waals surface area (Å²) in [5, 5.41) is 12.1. The molecular formula is C12H15Cl2N3O3S. The first kappa shape index (κ1) is 16.4. The van der Waals surface area contributed by atoms with Crippen molar-refractivity contribution >= 4 is 39.1 Å². The van der Waals surface area contributed by atoms with Crippen LogP contribution >= 0.6 is 23.2 Å². The lowest BCUT2D eigenvalue weighted by Crippen LogP contribution is -2.41. The van der Waals surface area contributed by atoms with E-state index in [9.17, 15) is 8.42 Å². The number of nitrogens with two attached hydrogens (primary N) is 1. The van der Waals surface area contributed by atoms with Crippen LogP contribution in [-0.2, 0) is 10.0 Å². The van der Waals surface area contributed by atoms with E-state index in [-0.39, 0.29) is 21.7 Å². The van der Waals surface area contributed by atoms with Crippen LogP contribution < -0.4 is 5.73 Å². The number of nitrogens with zero attached hydrogens (tertiary/aromatic N) is 2. The number of hydrogen-bond donors (Lipinski definition) is 2. The zero-order chi connectivity index (χ0) is 15.6. The number of oxime groups is 1. The van der Waals surface area contributed by atoms with Crippen molar-refractivity contribution in [1.82, 2.24) is 4.31 Å². The van der Waals surface area contributed by atoms with E-state index in [0.717, 1.165) is 0 Å². The Balaban J connectivity index is 2.16. The van der Waals surface area contributed by atoms with Crippen molar-refractivity contribution in [2.45, 2.75) is 17.7 Å². The molecule has 0 bridgehead atoms. The molecule has 1 saturated heterocycles. The number of amidine groups is 1. The quantitative estimate of drug-likeness (QED) is 0.377. The first-order chi connectivity index (χ1) is 9.86. The van der Waals surface area contributed by atoms with Gasteiger partial charge in [0.1, 0.15) is 5.84 Å². The van der Waals surface area contributed by atoms with Gasteiger partial charge in [0.2, 0.25) is 10.0 Å². The van der Waals surface area contributed by atoms with Crippen LogP contribution in [-0.4, -0.2) is 36.9 Å². The Kier molecular flexibility index (Phi) is 4.98. The van der Waals surface area contributed by atoms with E-state index in [1.807, 2.05) is 0 Å². The van der Waals surface area contributed by atoms with Gasteiger partial charge >= 0.3 is 0 Å². The number of halogens is 2. The van der Waals surface area contributed by atoms with Crippen LogP contribution in [0.15, 0.2) is 28.3 Å². The molecule has 1 aliphatic rings. The lowest BCUT2D eigenvalue weighted by Gasteiger charge is -2.30. The van der Waals surface area contributed by atoms with E-state index in [1.165, 1.54) is 22.5 Å². The SMILES string of the molecule is NC(=NO)C1CCN(S(=O)(=O)c2ccc(Cl)c(Cl)c2)CC1. The second-order valence-corrected chi connectivity index (χ2v) is 7.53. The zero-order valence-electron chi connectivity index (χ0n) is 11.0. The third-order valence-corrected chi connectivity index (χ3v) is 6.15. The van der Waals surface area contributed by atoms with Crippen LogP contribution in [0.5, 0.6) is 0 Å². The van der Waals surface area contributed by atoms with Gasteiger partial charge in [-0.1, -0.05) is 28.4 Å². The predicted molar refractivity (Wildman–Crippen MR) is 81.4 cm³/mol. The summed E-state index contributed by atoms with van der Waals surface area (Å²) in [6, 6.07) is 4.23. The molecule has 0 amide bonds. The van der Waals surface area contributed by atoms with Crippen molar-refractivity contribution in [2.24, 2.45) is 16.8 Å². The van der Waals surface area contributed by atoms with Gasteiger partial charge in [-0.3, -0.25) is 0 Å². The fraction of sp³-hybridized carbons (Fsp3) is 0.417. The summed E-state index contributed by atoms with van der Waals surface area (Å²) in [5.41, 5.74) is 5.55. The summed E-state index contributed by atoms with van der Waals surface area (Å²) in [6.45, 7) is 0.618. The van der Waals surface area contributed by atoms with Gasteiger partial charge in [0.15, 0.2) is 0 Å². The summed E-state index contributed by atoms with van der Waals surface area (Å²) in [5.74, 6) is 0.0387. The smallest absolute Gasteiger partial charge is 0.243 e.